The van der Waals surface area contributed by atoms with Crippen molar-refractivity contribution in [3.05, 3.63) is 66.5 Å². The number of amides is 4. The van der Waals surface area contributed by atoms with Crippen LogP contribution in [0.3, 0.4) is 0 Å². The number of carbonyl (C=O) groups excluding carboxylic acids is 4. The van der Waals surface area contributed by atoms with E-state index in [1.165, 1.54) is 0 Å². The largest absolute Gasteiger partial charge is 0.414 e. The normalized spacial score (nSPS) is 28.8. The molecule has 4 saturated carbocycles. The predicted octanol–water partition coefficient (Wildman–Crippen LogP) is 15.5. The van der Waals surface area contributed by atoms with Crippen molar-refractivity contribution in [3.8, 4) is 0 Å². The van der Waals surface area contributed by atoms with E-state index in [0.29, 0.717) is 79.6 Å². The summed E-state index contributed by atoms with van der Waals surface area (Å²) in [6, 6.07) is 13.2. The minimum Gasteiger partial charge on any atom is -0.414 e. The van der Waals surface area contributed by atoms with Crippen LogP contribution in [0.5, 0.6) is 0 Å². The van der Waals surface area contributed by atoms with Crippen LogP contribution >= 0.6 is 71.0 Å². The zero-order valence-corrected chi connectivity index (χ0v) is 54.4. The summed E-state index contributed by atoms with van der Waals surface area (Å²) in [5, 5.41) is 11.9. The maximum absolute atomic E-state index is 13.3. The molecular formula is C60H89Br3Cl2F2N4O6Si. The lowest BCUT2D eigenvalue weighted by Gasteiger charge is -2.42. The Labute approximate surface area is 502 Å². The number of nitrogens with zero attached hydrogens (tertiary/aromatic N) is 4. The van der Waals surface area contributed by atoms with E-state index < -0.39 is 20.7 Å². The Morgan fingerprint density at radius 2 is 0.962 bits per heavy atom. The molecule has 4 heterocycles. The summed E-state index contributed by atoms with van der Waals surface area (Å²) < 4.78 is 34.6. The second kappa shape index (κ2) is 31.3. The maximum Gasteiger partial charge on any atom is 0.226 e. The van der Waals surface area contributed by atoms with Crippen LogP contribution in [0.1, 0.15) is 180 Å². The third kappa shape index (κ3) is 19.5. The van der Waals surface area contributed by atoms with Crippen LogP contribution in [-0.2, 0) is 35.4 Å². The lowest BCUT2D eigenvalue weighted by molar-refractivity contribution is -0.134. The first-order valence-electron chi connectivity index (χ1n) is 29.3. The van der Waals surface area contributed by atoms with Gasteiger partial charge in [0.2, 0.25) is 23.6 Å². The number of benzene rings is 2. The maximum atomic E-state index is 13.3. The van der Waals surface area contributed by atoms with E-state index in [0.717, 1.165) is 172 Å². The van der Waals surface area contributed by atoms with Crippen molar-refractivity contribution in [1.82, 2.24) is 19.6 Å². The molecule has 1 unspecified atom stereocenters. The molecule has 2 aromatic rings. The van der Waals surface area contributed by atoms with Crippen LogP contribution < -0.4 is 0 Å². The number of carbonyl (C=O) groups is 4. The molecule has 10 rings (SSSR count). The second-order valence-corrected chi connectivity index (χ2v) is 32.4. The quantitative estimate of drug-likeness (QED) is 0.198. The average molecular weight is 1340 g/mol. The van der Waals surface area contributed by atoms with Crippen molar-refractivity contribution in [2.75, 3.05) is 26.2 Å². The van der Waals surface area contributed by atoms with Gasteiger partial charge in [-0.25, -0.2) is 8.78 Å². The number of aliphatic hydroxyl groups excluding tert-OH is 1. The molecule has 8 aliphatic rings. The van der Waals surface area contributed by atoms with Gasteiger partial charge in [-0.2, -0.15) is 0 Å². The summed E-state index contributed by atoms with van der Waals surface area (Å²) in [5.41, 5.74) is 2.14. The van der Waals surface area contributed by atoms with E-state index in [1.54, 1.807) is 0 Å². The molecule has 10 nitrogen and oxygen atoms in total. The van der Waals surface area contributed by atoms with Gasteiger partial charge in [-0.1, -0.05) is 104 Å². The summed E-state index contributed by atoms with van der Waals surface area (Å²) in [5.74, 6) is 1.21. The average Bonchev–Trinajstić information content (AvgIpc) is 4.22. The third-order valence-corrected chi connectivity index (χ3v) is 24.7. The van der Waals surface area contributed by atoms with Crippen LogP contribution in [0.15, 0.2) is 45.3 Å². The van der Waals surface area contributed by atoms with Crippen molar-refractivity contribution in [3.63, 3.8) is 0 Å². The van der Waals surface area contributed by atoms with Crippen LogP contribution in [-0.4, -0.2) is 132 Å². The van der Waals surface area contributed by atoms with E-state index >= 15 is 0 Å². The molecule has 0 spiro atoms. The summed E-state index contributed by atoms with van der Waals surface area (Å²) in [4.78, 5) is 55.4. The molecule has 438 valence electrons. The van der Waals surface area contributed by atoms with Crippen molar-refractivity contribution >= 4 is 103 Å². The van der Waals surface area contributed by atoms with E-state index in [-0.39, 0.29) is 34.9 Å². The van der Waals surface area contributed by atoms with Crippen LogP contribution in [0, 0.1) is 5.92 Å². The Balaban J connectivity index is 0.000000162. The molecule has 4 aliphatic carbocycles. The standard InChI is InChI=1S/C17H20BrClFNO.C16H31NO2Si.C10H16FNO.C10H17NO2.C7H5Br2Cl/c18-13-2-1-11(16(19)10-13)9-12-7-8-21(17(12)22)15-5-3-14(20)4-6-15;1-16(2,3)20(4,5)19-14-10-8-13(9-11-14)17-12-6-7-15(17)18;11-8-3-5-9(6-4-8)12-7-1-2-10(12)13;12-9-5-3-8(4-6-9)11-7-1-2-10(11)13;8-4-5-1-2-6(9)3-7(5)10/h1-2,10,12,14-15H,3-9H2;13-14H,6-12H2,1-5H3;8-9H,1-7H2;8-9,12H,1-7H2;1-3H,4H2. The zero-order valence-electron chi connectivity index (χ0n) is 47.1. The minimum atomic E-state index is -1.64. The molecule has 1 N–H and O–H groups in total. The SMILES string of the molecule is CC(C)(C)[Si](C)(C)OC1CCC(N2CCCC2=O)CC1.Clc1cc(Br)ccc1CBr.O=C1C(Cc2ccc(Br)cc2Cl)CCN1C1CCC(F)CC1.O=C1CCCN1C1CCC(F)CC1.O=C1CCCN1C1CCC(O)CC1. The third-order valence-electron chi connectivity index (χ3n) is 17.9. The van der Waals surface area contributed by atoms with Gasteiger partial charge >= 0.3 is 0 Å². The molecule has 1 atom stereocenters. The van der Waals surface area contributed by atoms with E-state index in [1.807, 2.05) is 51.1 Å². The number of hydrogen-bond acceptors (Lipinski definition) is 6. The molecule has 0 aromatic heterocycles. The molecule has 2 aromatic carbocycles. The first-order chi connectivity index (χ1) is 37.0. The number of likely N-dealkylation sites (tertiary alicyclic amines) is 4. The lowest BCUT2D eigenvalue weighted by atomic mass is 9.92. The topological polar surface area (TPSA) is 111 Å². The van der Waals surface area contributed by atoms with Crippen molar-refractivity contribution in [2.45, 2.75) is 247 Å². The first-order valence-corrected chi connectivity index (χ1v) is 35.7. The van der Waals surface area contributed by atoms with Gasteiger partial charge < -0.3 is 29.1 Å². The van der Waals surface area contributed by atoms with Crippen LogP contribution in [0.25, 0.3) is 0 Å². The zero-order chi connectivity index (χ0) is 56.7. The number of halogens is 7. The number of alkyl halides is 3. The molecule has 78 heavy (non-hydrogen) atoms. The summed E-state index contributed by atoms with van der Waals surface area (Å²) >= 11 is 22.2. The van der Waals surface area contributed by atoms with Crippen LogP contribution in [0.4, 0.5) is 8.78 Å². The summed E-state index contributed by atoms with van der Waals surface area (Å²) in [6.45, 7) is 15.2. The minimum absolute atomic E-state index is 0.0155. The molecule has 4 aliphatic heterocycles. The lowest BCUT2D eigenvalue weighted by Crippen LogP contribution is -2.46. The predicted molar refractivity (Wildman–Crippen MR) is 324 cm³/mol. The summed E-state index contributed by atoms with van der Waals surface area (Å²) in [6.07, 6.45) is 19.9. The van der Waals surface area contributed by atoms with E-state index in [9.17, 15) is 33.1 Å². The van der Waals surface area contributed by atoms with Gasteiger partial charge in [-0.3, -0.25) is 19.2 Å². The van der Waals surface area contributed by atoms with E-state index in [4.69, 9.17) is 27.6 Å². The smallest absolute Gasteiger partial charge is 0.226 e. The highest BCUT2D eigenvalue weighted by Crippen LogP contribution is 2.40. The molecule has 8 fully saturated rings. The highest BCUT2D eigenvalue weighted by Gasteiger charge is 2.41. The Bertz CT molecular complexity index is 2210. The Kier molecular flexibility index (Phi) is 26.3. The molecule has 18 heteroatoms. The van der Waals surface area contributed by atoms with Gasteiger partial charge in [0.25, 0.3) is 0 Å². The van der Waals surface area contributed by atoms with Gasteiger partial charge in [0, 0.05) is 106 Å². The molecular weight excluding hydrogens is 1250 g/mol. The number of hydrogen-bond donors (Lipinski definition) is 1. The van der Waals surface area contributed by atoms with Crippen molar-refractivity contribution in [2.24, 2.45) is 5.92 Å². The fourth-order valence-corrected chi connectivity index (χ4v) is 15.8. The first kappa shape index (κ1) is 65.5. The van der Waals surface area contributed by atoms with E-state index in [2.05, 4.69) is 86.6 Å². The van der Waals surface area contributed by atoms with Gasteiger partial charge in [-0.15, -0.1) is 0 Å². The van der Waals surface area contributed by atoms with Crippen molar-refractivity contribution in [1.29, 1.82) is 0 Å². The highest BCUT2D eigenvalue weighted by molar-refractivity contribution is 9.10. The second-order valence-electron chi connectivity index (χ2n) is 24.5. The van der Waals surface area contributed by atoms with Gasteiger partial charge in [-0.05, 0) is 188 Å². The van der Waals surface area contributed by atoms with Gasteiger partial charge in [0.05, 0.1) is 6.10 Å². The van der Waals surface area contributed by atoms with Gasteiger partial charge in [0.1, 0.15) is 12.3 Å². The molecule has 0 bridgehead atoms. The van der Waals surface area contributed by atoms with Crippen LogP contribution in [0.2, 0.25) is 28.2 Å². The Morgan fingerprint density at radius 1 is 0.577 bits per heavy atom. The summed E-state index contributed by atoms with van der Waals surface area (Å²) in [7, 11) is -1.64. The van der Waals surface area contributed by atoms with Gasteiger partial charge in [0.15, 0.2) is 8.32 Å². The molecule has 4 amide bonds. The Hall–Kier alpha value is -1.66. The fourth-order valence-electron chi connectivity index (χ4n) is 12.2. The number of rotatable bonds is 9. The van der Waals surface area contributed by atoms with Crippen molar-refractivity contribution < 1.29 is 37.5 Å². The highest BCUT2D eigenvalue weighted by atomic mass is 79.9. The molecule has 4 saturated heterocycles. The number of aliphatic hydroxyl groups is 1. The fraction of sp³-hybridized carbons (Fsp3) is 0.733. The molecule has 0 radical (unpaired) electrons. The monoisotopic (exact) mass is 1330 g/mol. The Morgan fingerprint density at radius 3 is 1.33 bits per heavy atom.